The summed E-state index contributed by atoms with van der Waals surface area (Å²) in [5.41, 5.74) is 1.25. The van der Waals surface area contributed by atoms with Crippen LogP contribution in [-0.2, 0) is 10.2 Å². The molecule has 0 spiro atoms. The highest BCUT2D eigenvalue weighted by molar-refractivity contribution is 6.30. The van der Waals surface area contributed by atoms with Crippen LogP contribution in [0, 0.1) is 5.92 Å². The molecule has 2 rings (SSSR count). The third kappa shape index (κ3) is 4.67. The van der Waals surface area contributed by atoms with Crippen LogP contribution in [-0.4, -0.2) is 35.7 Å². The minimum absolute atomic E-state index is 0.0389. The van der Waals surface area contributed by atoms with E-state index in [4.69, 9.17) is 21.4 Å². The molecule has 0 unspecified atom stereocenters. The largest absolute Gasteiger partial charge is 0.493 e. The van der Waals surface area contributed by atoms with Gasteiger partial charge in [-0.2, -0.15) is 0 Å². The van der Waals surface area contributed by atoms with Crippen LogP contribution in [0.25, 0.3) is 0 Å². The fraction of sp³-hybridized carbons (Fsp3) is 0.526. The Labute approximate surface area is 149 Å². The van der Waals surface area contributed by atoms with Crippen molar-refractivity contribution >= 4 is 17.6 Å². The number of aliphatic carboxylic acids is 1. The molecule has 1 aliphatic heterocycles. The Balaban J connectivity index is 1.94. The fourth-order valence-corrected chi connectivity index (χ4v) is 3.10. The van der Waals surface area contributed by atoms with Crippen molar-refractivity contribution in [3.05, 3.63) is 41.1 Å². The van der Waals surface area contributed by atoms with Gasteiger partial charge >= 0.3 is 5.97 Å². The van der Waals surface area contributed by atoms with E-state index in [1.165, 1.54) is 0 Å². The molecule has 0 radical (unpaired) electrons. The van der Waals surface area contributed by atoms with Crippen LogP contribution in [0.2, 0.25) is 5.02 Å². The van der Waals surface area contributed by atoms with Gasteiger partial charge in [-0.05, 0) is 42.4 Å². The van der Waals surface area contributed by atoms with E-state index >= 15 is 0 Å². The average molecular weight is 352 g/mol. The first-order chi connectivity index (χ1) is 11.2. The summed E-state index contributed by atoms with van der Waals surface area (Å²) >= 11 is 6.13. The Hall–Kier alpha value is -1.68. The smallest absolute Gasteiger partial charge is 0.351 e. The van der Waals surface area contributed by atoms with Gasteiger partial charge in [-0.3, -0.25) is 0 Å². The standard InChI is InChI=1S/C19H26ClNO3/c1-13(18(22)23)21-9-7-14(8-10-21)12-24-17-6-5-15(20)11-16(17)19(2,3)4/h5-6,11,14H,1,7-10,12H2,2-4H3,(H,22,23). The second kappa shape index (κ2) is 7.47. The predicted molar refractivity (Wildman–Crippen MR) is 96.7 cm³/mol. The zero-order valence-electron chi connectivity index (χ0n) is 14.6. The number of rotatable bonds is 5. The summed E-state index contributed by atoms with van der Waals surface area (Å²) in [6.45, 7) is 12.1. The molecule has 0 atom stereocenters. The Morgan fingerprint density at radius 3 is 2.54 bits per heavy atom. The molecule has 0 amide bonds. The van der Waals surface area contributed by atoms with E-state index in [1.54, 1.807) is 0 Å². The van der Waals surface area contributed by atoms with Crippen LogP contribution in [0.1, 0.15) is 39.2 Å². The number of hydrogen-bond donors (Lipinski definition) is 1. The lowest BCUT2D eigenvalue weighted by molar-refractivity contribution is -0.134. The molecule has 24 heavy (non-hydrogen) atoms. The molecule has 1 aromatic rings. The van der Waals surface area contributed by atoms with Crippen molar-refractivity contribution < 1.29 is 14.6 Å². The molecule has 1 heterocycles. The van der Waals surface area contributed by atoms with E-state index in [0.717, 1.165) is 24.2 Å². The zero-order valence-corrected chi connectivity index (χ0v) is 15.4. The summed E-state index contributed by atoms with van der Waals surface area (Å²) in [6.07, 6.45) is 1.81. The number of carboxylic acid groups (broad SMARTS) is 1. The number of ether oxygens (including phenoxy) is 1. The first-order valence-electron chi connectivity index (χ1n) is 8.28. The molecule has 0 saturated carbocycles. The molecule has 1 aromatic carbocycles. The molecule has 1 fully saturated rings. The number of benzene rings is 1. The molecule has 4 nitrogen and oxygen atoms in total. The van der Waals surface area contributed by atoms with Gasteiger partial charge in [-0.1, -0.05) is 39.0 Å². The van der Waals surface area contributed by atoms with Gasteiger partial charge in [0, 0.05) is 23.7 Å². The maximum atomic E-state index is 11.0. The van der Waals surface area contributed by atoms with Crippen molar-refractivity contribution in [3.63, 3.8) is 0 Å². The summed E-state index contributed by atoms with van der Waals surface area (Å²) in [6, 6.07) is 5.76. The van der Waals surface area contributed by atoms with Crippen LogP contribution in [0.15, 0.2) is 30.5 Å². The van der Waals surface area contributed by atoms with E-state index in [0.29, 0.717) is 30.6 Å². The van der Waals surface area contributed by atoms with Crippen molar-refractivity contribution in [3.8, 4) is 5.75 Å². The molecule has 1 N–H and O–H groups in total. The van der Waals surface area contributed by atoms with E-state index in [-0.39, 0.29) is 11.1 Å². The number of hydrogen-bond acceptors (Lipinski definition) is 3. The zero-order chi connectivity index (χ0) is 17.9. The maximum absolute atomic E-state index is 11.0. The maximum Gasteiger partial charge on any atom is 0.351 e. The molecular weight excluding hydrogens is 326 g/mol. The highest BCUT2D eigenvalue weighted by Crippen LogP contribution is 2.34. The van der Waals surface area contributed by atoms with Crippen LogP contribution in [0.5, 0.6) is 5.75 Å². The van der Waals surface area contributed by atoms with Crippen molar-refractivity contribution in [2.24, 2.45) is 5.92 Å². The van der Waals surface area contributed by atoms with Crippen molar-refractivity contribution in [2.45, 2.75) is 39.0 Å². The number of halogens is 1. The normalized spacial score (nSPS) is 16.1. The third-order valence-corrected chi connectivity index (χ3v) is 4.70. The lowest BCUT2D eigenvalue weighted by Crippen LogP contribution is -2.36. The topological polar surface area (TPSA) is 49.8 Å². The van der Waals surface area contributed by atoms with Crippen LogP contribution < -0.4 is 4.74 Å². The summed E-state index contributed by atoms with van der Waals surface area (Å²) in [5, 5.41) is 9.72. The Morgan fingerprint density at radius 2 is 2.00 bits per heavy atom. The molecule has 5 heteroatoms. The first-order valence-corrected chi connectivity index (χ1v) is 8.66. The molecular formula is C19H26ClNO3. The SMILES string of the molecule is C=C(C(=O)O)N1CCC(COc2ccc(Cl)cc2C(C)(C)C)CC1. The Morgan fingerprint density at radius 1 is 1.38 bits per heavy atom. The van der Waals surface area contributed by atoms with Gasteiger partial charge in [0.25, 0.3) is 0 Å². The van der Waals surface area contributed by atoms with Crippen LogP contribution >= 0.6 is 11.6 Å². The number of carbonyl (C=O) groups is 1. The molecule has 1 saturated heterocycles. The van der Waals surface area contributed by atoms with Crippen LogP contribution in [0.4, 0.5) is 0 Å². The van der Waals surface area contributed by atoms with Crippen LogP contribution in [0.3, 0.4) is 0 Å². The quantitative estimate of drug-likeness (QED) is 0.802. The lowest BCUT2D eigenvalue weighted by Gasteiger charge is -2.33. The summed E-state index contributed by atoms with van der Waals surface area (Å²) in [5.74, 6) is 0.358. The van der Waals surface area contributed by atoms with Crippen molar-refractivity contribution in [2.75, 3.05) is 19.7 Å². The second-order valence-electron chi connectivity index (χ2n) is 7.38. The van der Waals surface area contributed by atoms with E-state index in [1.807, 2.05) is 23.1 Å². The third-order valence-electron chi connectivity index (χ3n) is 4.47. The van der Waals surface area contributed by atoms with Gasteiger partial charge in [-0.15, -0.1) is 0 Å². The van der Waals surface area contributed by atoms with Gasteiger partial charge in [0.05, 0.1) is 6.61 Å². The number of nitrogens with zero attached hydrogens (tertiary/aromatic N) is 1. The van der Waals surface area contributed by atoms with Gasteiger partial charge in [0.15, 0.2) is 0 Å². The Bertz CT molecular complexity index is 614. The van der Waals surface area contributed by atoms with Crippen molar-refractivity contribution in [1.82, 2.24) is 4.90 Å². The molecule has 0 aliphatic carbocycles. The van der Waals surface area contributed by atoms with Gasteiger partial charge in [0.2, 0.25) is 0 Å². The van der Waals surface area contributed by atoms with Gasteiger partial charge in [0.1, 0.15) is 11.4 Å². The molecule has 132 valence electrons. The first kappa shape index (κ1) is 18.7. The van der Waals surface area contributed by atoms with Gasteiger partial charge < -0.3 is 14.7 Å². The summed E-state index contributed by atoms with van der Waals surface area (Å²) in [7, 11) is 0. The lowest BCUT2D eigenvalue weighted by atomic mass is 9.86. The minimum atomic E-state index is -0.944. The average Bonchev–Trinajstić information content (AvgIpc) is 2.52. The van der Waals surface area contributed by atoms with E-state index < -0.39 is 5.97 Å². The summed E-state index contributed by atoms with van der Waals surface area (Å²) < 4.78 is 6.09. The summed E-state index contributed by atoms with van der Waals surface area (Å²) in [4.78, 5) is 12.8. The number of piperidine rings is 1. The second-order valence-corrected chi connectivity index (χ2v) is 7.82. The fourth-order valence-electron chi connectivity index (χ4n) is 2.93. The highest BCUT2D eigenvalue weighted by atomic mass is 35.5. The molecule has 0 bridgehead atoms. The number of likely N-dealkylation sites (tertiary alicyclic amines) is 1. The van der Waals surface area contributed by atoms with E-state index in [9.17, 15) is 4.79 Å². The molecule has 1 aliphatic rings. The van der Waals surface area contributed by atoms with E-state index in [2.05, 4.69) is 27.4 Å². The van der Waals surface area contributed by atoms with Gasteiger partial charge in [-0.25, -0.2) is 4.79 Å². The monoisotopic (exact) mass is 351 g/mol. The van der Waals surface area contributed by atoms with Crippen molar-refractivity contribution in [1.29, 1.82) is 0 Å². The Kier molecular flexibility index (Phi) is 5.81. The number of carboxylic acids is 1. The predicted octanol–water partition coefficient (Wildman–Crippen LogP) is 4.33. The molecule has 0 aromatic heterocycles. The minimum Gasteiger partial charge on any atom is -0.493 e. The highest BCUT2D eigenvalue weighted by Gasteiger charge is 2.24.